The first kappa shape index (κ1) is 22.6. The quantitative estimate of drug-likeness (QED) is 0.662. The monoisotopic (exact) mass is 473 g/mol. The van der Waals surface area contributed by atoms with Gasteiger partial charge in [0.25, 0.3) is 5.91 Å². The van der Waals surface area contributed by atoms with E-state index in [0.717, 1.165) is 19.8 Å². The smallest absolute Gasteiger partial charge is 0.425 e. The number of aromatic nitrogens is 3. The van der Waals surface area contributed by atoms with Crippen molar-refractivity contribution >= 4 is 29.2 Å². The van der Waals surface area contributed by atoms with Gasteiger partial charge in [0.2, 0.25) is 0 Å². The summed E-state index contributed by atoms with van der Waals surface area (Å²) in [5.41, 5.74) is 0.914. The van der Waals surface area contributed by atoms with E-state index in [1.807, 2.05) is 0 Å². The summed E-state index contributed by atoms with van der Waals surface area (Å²) in [6.45, 7) is 3.51. The number of imidazole rings is 1. The average molecular weight is 474 g/mol. The van der Waals surface area contributed by atoms with Gasteiger partial charge in [-0.3, -0.25) is 4.79 Å². The number of nitrogens with zero attached hydrogens (tertiary/aromatic N) is 5. The molecule has 1 spiro atoms. The number of piperidine rings is 1. The summed E-state index contributed by atoms with van der Waals surface area (Å²) in [5, 5.41) is 4.45. The summed E-state index contributed by atoms with van der Waals surface area (Å²) in [7, 11) is 0. The molecule has 2 saturated heterocycles. The summed E-state index contributed by atoms with van der Waals surface area (Å²) in [6.07, 6.45) is -5.30. The Morgan fingerprint density at radius 2 is 1.88 bits per heavy atom. The van der Waals surface area contributed by atoms with E-state index in [0.29, 0.717) is 36.4 Å². The van der Waals surface area contributed by atoms with Gasteiger partial charge in [0.1, 0.15) is 5.15 Å². The van der Waals surface area contributed by atoms with Crippen LogP contribution in [0.15, 0.2) is 12.1 Å². The van der Waals surface area contributed by atoms with Crippen molar-refractivity contribution in [1.82, 2.24) is 24.4 Å². The summed E-state index contributed by atoms with van der Waals surface area (Å²) >= 11 is 6.01. The molecule has 0 aromatic carbocycles. The number of hydrogen-bond donors (Lipinski definition) is 0. The van der Waals surface area contributed by atoms with Crippen molar-refractivity contribution in [1.29, 1.82) is 0 Å². The molecular formula is C20H23ClF3N5O3. The normalized spacial score (nSPS) is 19.6. The second kappa shape index (κ2) is 8.09. The lowest BCUT2D eigenvalue weighted by Crippen LogP contribution is -2.55. The Balaban J connectivity index is 1.50. The topological polar surface area (TPSA) is 80.0 Å². The zero-order valence-electron chi connectivity index (χ0n) is 17.7. The maximum atomic E-state index is 13.6. The number of hydrogen-bond acceptors (Lipinski definition) is 5. The molecule has 0 aliphatic carbocycles. The first-order valence-corrected chi connectivity index (χ1v) is 10.8. The SMILES string of the molecule is Cc1nc2ccc(Cl)nn2c1C(=O)N1CCCC12CCN(C(=O)OC(C)C(F)(F)F)CC2. The molecular weight excluding hydrogens is 451 g/mol. The van der Waals surface area contributed by atoms with Crippen LogP contribution in [0.2, 0.25) is 5.15 Å². The van der Waals surface area contributed by atoms with Gasteiger partial charge in [0.05, 0.1) is 5.69 Å². The maximum Gasteiger partial charge on any atom is 0.425 e. The van der Waals surface area contributed by atoms with E-state index in [4.69, 9.17) is 11.6 Å². The number of alkyl halides is 3. The van der Waals surface area contributed by atoms with Crippen LogP contribution >= 0.6 is 11.6 Å². The van der Waals surface area contributed by atoms with Crippen molar-refractivity contribution in [3.05, 3.63) is 28.7 Å². The zero-order chi connectivity index (χ0) is 23.3. The minimum atomic E-state index is -4.61. The van der Waals surface area contributed by atoms with Gasteiger partial charge in [-0.2, -0.15) is 18.3 Å². The largest absolute Gasteiger partial charge is 0.437 e. The van der Waals surface area contributed by atoms with Crippen LogP contribution in [0.25, 0.3) is 5.65 Å². The molecule has 174 valence electrons. The number of likely N-dealkylation sites (tertiary alicyclic amines) is 2. The van der Waals surface area contributed by atoms with Crippen LogP contribution in [0, 0.1) is 6.92 Å². The zero-order valence-corrected chi connectivity index (χ0v) is 18.4. The molecule has 1 atom stereocenters. The van der Waals surface area contributed by atoms with E-state index >= 15 is 0 Å². The number of aryl methyl sites for hydroxylation is 1. The first-order chi connectivity index (χ1) is 15.0. The molecule has 4 rings (SSSR count). The van der Waals surface area contributed by atoms with Gasteiger partial charge in [0.15, 0.2) is 17.4 Å². The number of amides is 2. The standard InChI is InChI=1S/C20H23ClF3N5O3/c1-12-16(29-15(25-12)5-4-14(21)26-29)17(30)28-9-3-6-19(28)7-10-27(11-8-19)18(31)32-13(2)20(22,23)24/h4-5,13H,3,6-11H2,1-2H3. The van der Waals surface area contributed by atoms with Crippen LogP contribution in [-0.4, -0.2) is 73.9 Å². The molecule has 32 heavy (non-hydrogen) atoms. The second-order valence-electron chi connectivity index (χ2n) is 8.31. The van der Waals surface area contributed by atoms with E-state index in [1.54, 1.807) is 24.0 Å². The molecule has 2 aromatic heterocycles. The molecule has 2 aliphatic heterocycles. The third kappa shape index (κ3) is 3.98. The van der Waals surface area contributed by atoms with Crippen LogP contribution in [0.3, 0.4) is 0 Å². The third-order valence-electron chi connectivity index (χ3n) is 6.35. The molecule has 4 heterocycles. The lowest BCUT2D eigenvalue weighted by Gasteiger charge is -2.44. The Hall–Kier alpha value is -2.56. The minimum absolute atomic E-state index is 0.212. The van der Waals surface area contributed by atoms with Gasteiger partial charge in [-0.25, -0.2) is 14.3 Å². The van der Waals surface area contributed by atoms with Gasteiger partial charge in [-0.1, -0.05) is 11.6 Å². The van der Waals surface area contributed by atoms with Gasteiger partial charge in [-0.05, 0) is 51.7 Å². The van der Waals surface area contributed by atoms with Crippen molar-refractivity contribution in [3.8, 4) is 0 Å². The van der Waals surface area contributed by atoms with Crippen LogP contribution in [-0.2, 0) is 4.74 Å². The second-order valence-corrected chi connectivity index (χ2v) is 8.70. The Labute approximate surface area is 187 Å². The van der Waals surface area contributed by atoms with Crippen LogP contribution in [0.1, 0.15) is 48.8 Å². The third-order valence-corrected chi connectivity index (χ3v) is 6.56. The fourth-order valence-electron chi connectivity index (χ4n) is 4.57. The number of halogens is 4. The molecule has 2 amide bonds. The molecule has 0 N–H and O–H groups in total. The summed E-state index contributed by atoms with van der Waals surface area (Å²) in [6, 6.07) is 3.29. The van der Waals surface area contributed by atoms with E-state index < -0.39 is 23.9 Å². The molecule has 2 aliphatic rings. The highest BCUT2D eigenvalue weighted by atomic mass is 35.5. The number of carbonyl (C=O) groups excluding carboxylic acids is 2. The highest BCUT2D eigenvalue weighted by molar-refractivity contribution is 6.29. The van der Waals surface area contributed by atoms with Crippen molar-refractivity contribution in [2.24, 2.45) is 0 Å². The average Bonchev–Trinajstić information content (AvgIpc) is 3.27. The highest BCUT2D eigenvalue weighted by Gasteiger charge is 2.48. The first-order valence-electron chi connectivity index (χ1n) is 10.4. The van der Waals surface area contributed by atoms with Gasteiger partial charge >= 0.3 is 12.3 Å². The lowest BCUT2D eigenvalue weighted by molar-refractivity contribution is -0.200. The highest BCUT2D eigenvalue weighted by Crippen LogP contribution is 2.40. The Morgan fingerprint density at radius 3 is 2.53 bits per heavy atom. The summed E-state index contributed by atoms with van der Waals surface area (Å²) in [5.74, 6) is -0.219. The number of carbonyl (C=O) groups is 2. The van der Waals surface area contributed by atoms with Crippen LogP contribution in [0.4, 0.5) is 18.0 Å². The fourth-order valence-corrected chi connectivity index (χ4v) is 4.71. The van der Waals surface area contributed by atoms with Crippen LogP contribution < -0.4 is 0 Å². The Bertz CT molecular complexity index is 1050. The molecule has 2 aromatic rings. The van der Waals surface area contributed by atoms with E-state index in [2.05, 4.69) is 14.8 Å². The van der Waals surface area contributed by atoms with Gasteiger partial charge in [0, 0.05) is 25.2 Å². The molecule has 0 saturated carbocycles. The fraction of sp³-hybridized carbons (Fsp3) is 0.600. The van der Waals surface area contributed by atoms with Gasteiger partial charge < -0.3 is 14.5 Å². The molecule has 0 bridgehead atoms. The van der Waals surface area contributed by atoms with Crippen molar-refractivity contribution in [3.63, 3.8) is 0 Å². The summed E-state index contributed by atoms with van der Waals surface area (Å²) < 4.78 is 44.1. The lowest BCUT2D eigenvalue weighted by atomic mass is 9.85. The van der Waals surface area contributed by atoms with Gasteiger partial charge in [-0.15, -0.1) is 0 Å². The van der Waals surface area contributed by atoms with Crippen molar-refractivity contribution in [2.75, 3.05) is 19.6 Å². The molecule has 1 unspecified atom stereocenters. The van der Waals surface area contributed by atoms with Crippen molar-refractivity contribution in [2.45, 2.75) is 57.3 Å². The molecule has 2 fully saturated rings. The molecule has 8 nitrogen and oxygen atoms in total. The van der Waals surface area contributed by atoms with Crippen molar-refractivity contribution < 1.29 is 27.5 Å². The Morgan fingerprint density at radius 1 is 1.19 bits per heavy atom. The van der Waals surface area contributed by atoms with E-state index in [-0.39, 0.29) is 24.1 Å². The minimum Gasteiger partial charge on any atom is -0.437 e. The van der Waals surface area contributed by atoms with Crippen LogP contribution in [0.5, 0.6) is 0 Å². The number of rotatable bonds is 2. The maximum absolute atomic E-state index is 13.6. The predicted molar refractivity (Wildman–Crippen MR) is 109 cm³/mol. The summed E-state index contributed by atoms with van der Waals surface area (Å²) in [4.78, 5) is 33.2. The predicted octanol–water partition coefficient (Wildman–Crippen LogP) is 3.85. The van der Waals surface area contributed by atoms with E-state index in [1.165, 1.54) is 9.42 Å². The number of fused-ring (bicyclic) bond motifs is 1. The number of ether oxygens (including phenoxy) is 1. The molecule has 12 heteroatoms. The van der Waals surface area contributed by atoms with E-state index in [9.17, 15) is 22.8 Å². The Kier molecular flexibility index (Phi) is 5.72. The molecule has 0 radical (unpaired) electrons.